The van der Waals surface area contributed by atoms with Crippen LogP contribution in [0.15, 0.2) is 12.5 Å². The highest BCUT2D eigenvalue weighted by Gasteiger charge is 2.18. The molecule has 1 aromatic heterocycles. The topological polar surface area (TPSA) is 98.3 Å². The minimum Gasteiger partial charge on any atom is -0.446 e. The van der Waals surface area contributed by atoms with Gasteiger partial charge >= 0.3 is 11.9 Å². The van der Waals surface area contributed by atoms with E-state index in [2.05, 4.69) is 4.98 Å². The molecule has 7 nitrogen and oxygen atoms in total. The van der Waals surface area contributed by atoms with Crippen molar-refractivity contribution in [1.29, 1.82) is 0 Å². The molecule has 1 aromatic rings. The number of imidazole rings is 1. The molecule has 0 saturated carbocycles. The Balaban J connectivity index is 3.16. The Kier molecular flexibility index (Phi) is 1.55. The van der Waals surface area contributed by atoms with Gasteiger partial charge in [0.25, 0.3) is 0 Å². The van der Waals surface area contributed by atoms with Gasteiger partial charge in [0, 0.05) is 0 Å². The summed E-state index contributed by atoms with van der Waals surface area (Å²) in [5.41, 5.74) is 0. The molecule has 0 aliphatic heterocycles. The van der Waals surface area contributed by atoms with E-state index in [0.29, 0.717) is 4.57 Å². The van der Waals surface area contributed by atoms with Crippen LogP contribution in [0.5, 0.6) is 0 Å². The van der Waals surface area contributed by atoms with Crippen molar-refractivity contribution in [1.82, 2.24) is 9.55 Å². The molecule has 0 atom stereocenters. The molecule has 0 spiro atoms. The molecule has 0 amide bonds. The van der Waals surface area contributed by atoms with Crippen molar-refractivity contribution >= 4 is 11.9 Å². The summed E-state index contributed by atoms with van der Waals surface area (Å²) in [5, 5.41) is 18.4. The quantitative estimate of drug-likeness (QED) is 0.467. The number of nitrogens with zero attached hydrogens (tertiary/aromatic N) is 3. The SMILES string of the molecule is O=C(O)n1cncc1[N+](=O)[O-]. The number of carbonyl (C=O) groups is 1. The van der Waals surface area contributed by atoms with Gasteiger partial charge in [0.05, 0.1) is 0 Å². The molecule has 0 unspecified atom stereocenters. The predicted molar refractivity (Wildman–Crippen MR) is 32.3 cm³/mol. The molecular weight excluding hydrogens is 154 g/mol. The molecule has 1 heterocycles. The lowest BCUT2D eigenvalue weighted by Gasteiger charge is -1.91. The molecule has 0 fully saturated rings. The Morgan fingerprint density at radius 2 is 2.45 bits per heavy atom. The highest BCUT2D eigenvalue weighted by atomic mass is 16.6. The minimum atomic E-state index is -1.42. The molecule has 0 aliphatic carbocycles. The van der Waals surface area contributed by atoms with E-state index >= 15 is 0 Å². The maximum absolute atomic E-state index is 10.2. The predicted octanol–water partition coefficient (Wildman–Crippen LogP) is 0.317. The fourth-order valence-corrected chi connectivity index (χ4v) is 0.571. The second kappa shape index (κ2) is 2.37. The molecule has 0 aromatic carbocycles. The number of aromatic nitrogens is 2. The van der Waals surface area contributed by atoms with Crippen LogP contribution < -0.4 is 0 Å². The Morgan fingerprint density at radius 3 is 2.82 bits per heavy atom. The van der Waals surface area contributed by atoms with Gasteiger partial charge in [-0.1, -0.05) is 0 Å². The largest absolute Gasteiger partial charge is 0.510 e. The molecule has 58 valence electrons. The van der Waals surface area contributed by atoms with Crippen molar-refractivity contribution in [3.8, 4) is 0 Å². The molecule has 0 bridgehead atoms. The standard InChI is InChI=1S/C4H3N3O4/c8-4(9)6-2-5-1-3(6)7(10)11/h1-2H,(H,8,9). The van der Waals surface area contributed by atoms with Crippen LogP contribution in [-0.4, -0.2) is 25.7 Å². The van der Waals surface area contributed by atoms with E-state index < -0.39 is 16.8 Å². The van der Waals surface area contributed by atoms with Gasteiger partial charge in [0.2, 0.25) is 0 Å². The summed E-state index contributed by atoms with van der Waals surface area (Å²) in [6.07, 6.45) is 0.309. The van der Waals surface area contributed by atoms with Gasteiger partial charge in [0.15, 0.2) is 6.33 Å². The molecule has 1 rings (SSSR count). The molecule has 7 heteroatoms. The van der Waals surface area contributed by atoms with Crippen molar-refractivity contribution in [2.75, 3.05) is 0 Å². The average molecular weight is 157 g/mol. The van der Waals surface area contributed by atoms with Crippen molar-refractivity contribution < 1.29 is 14.8 Å². The van der Waals surface area contributed by atoms with Gasteiger partial charge in [-0.15, -0.1) is 4.57 Å². The average Bonchev–Trinajstić information content (AvgIpc) is 2.32. The van der Waals surface area contributed by atoms with Crippen LogP contribution >= 0.6 is 0 Å². The normalized spacial score (nSPS) is 9.45. The Morgan fingerprint density at radius 1 is 1.82 bits per heavy atom. The van der Waals surface area contributed by atoms with Crippen LogP contribution in [-0.2, 0) is 0 Å². The lowest BCUT2D eigenvalue weighted by Crippen LogP contribution is -2.09. The van der Waals surface area contributed by atoms with E-state index in [1.165, 1.54) is 0 Å². The van der Waals surface area contributed by atoms with E-state index in [-0.39, 0.29) is 0 Å². The van der Waals surface area contributed by atoms with Gasteiger partial charge in [-0.05, 0) is 4.92 Å². The molecule has 1 N–H and O–H groups in total. The number of carboxylic acid groups (broad SMARTS) is 1. The molecule has 11 heavy (non-hydrogen) atoms. The van der Waals surface area contributed by atoms with Crippen LogP contribution in [0.2, 0.25) is 0 Å². The lowest BCUT2D eigenvalue weighted by atomic mass is 10.7. The van der Waals surface area contributed by atoms with Crippen LogP contribution in [0.3, 0.4) is 0 Å². The molecule has 0 aliphatic rings. The first-order chi connectivity index (χ1) is 5.13. The molecular formula is C4H3N3O4. The zero-order valence-corrected chi connectivity index (χ0v) is 5.17. The Bertz CT molecular complexity index is 276. The van der Waals surface area contributed by atoms with Crippen LogP contribution in [0, 0.1) is 10.1 Å². The maximum Gasteiger partial charge on any atom is 0.510 e. The second-order valence-electron chi connectivity index (χ2n) is 1.66. The maximum atomic E-state index is 10.2. The van der Waals surface area contributed by atoms with Gasteiger partial charge in [-0.2, -0.15) is 4.79 Å². The van der Waals surface area contributed by atoms with Crippen LogP contribution in [0.1, 0.15) is 0 Å². The zero-order valence-electron chi connectivity index (χ0n) is 5.17. The first-order valence-electron chi connectivity index (χ1n) is 2.53. The highest BCUT2D eigenvalue weighted by Crippen LogP contribution is 2.07. The number of hydrogen-bond donors (Lipinski definition) is 1. The fraction of sp³-hybridized carbons (Fsp3) is 0. The molecule has 0 radical (unpaired) electrons. The smallest absolute Gasteiger partial charge is 0.446 e. The van der Waals surface area contributed by atoms with Crippen molar-refractivity contribution in [2.45, 2.75) is 0 Å². The highest BCUT2D eigenvalue weighted by molar-refractivity contribution is 5.70. The first kappa shape index (κ1) is 7.19. The van der Waals surface area contributed by atoms with E-state index in [9.17, 15) is 14.9 Å². The minimum absolute atomic E-state index is 0.431. The summed E-state index contributed by atoms with van der Waals surface area (Å²) in [6, 6.07) is 0. The zero-order chi connectivity index (χ0) is 8.43. The van der Waals surface area contributed by atoms with Crippen molar-refractivity contribution in [3.05, 3.63) is 22.6 Å². The van der Waals surface area contributed by atoms with Gasteiger partial charge in [0.1, 0.15) is 6.20 Å². The fourth-order valence-electron chi connectivity index (χ4n) is 0.571. The van der Waals surface area contributed by atoms with E-state index in [4.69, 9.17) is 5.11 Å². The summed E-state index contributed by atoms with van der Waals surface area (Å²) in [7, 11) is 0. The lowest BCUT2D eigenvalue weighted by molar-refractivity contribution is -0.390. The van der Waals surface area contributed by atoms with Crippen molar-refractivity contribution in [3.63, 3.8) is 0 Å². The van der Waals surface area contributed by atoms with Crippen molar-refractivity contribution in [2.24, 2.45) is 0 Å². The van der Waals surface area contributed by atoms with E-state index in [1.807, 2.05) is 0 Å². The number of nitro groups is 1. The summed E-state index contributed by atoms with van der Waals surface area (Å²) in [6.45, 7) is 0. The van der Waals surface area contributed by atoms with Crippen LogP contribution in [0.4, 0.5) is 10.6 Å². The monoisotopic (exact) mass is 157 g/mol. The Hall–Kier alpha value is -1.92. The first-order valence-corrected chi connectivity index (χ1v) is 2.53. The number of hydrogen-bond acceptors (Lipinski definition) is 4. The summed E-state index contributed by atoms with van der Waals surface area (Å²) < 4.78 is 0.431. The molecule has 0 saturated heterocycles. The summed E-state index contributed by atoms with van der Waals surface area (Å²) in [5.74, 6) is -0.558. The Labute approximate surface area is 60.0 Å². The summed E-state index contributed by atoms with van der Waals surface area (Å²) in [4.78, 5) is 22.8. The van der Waals surface area contributed by atoms with Crippen LogP contribution in [0.25, 0.3) is 0 Å². The van der Waals surface area contributed by atoms with Gasteiger partial charge < -0.3 is 15.2 Å². The van der Waals surface area contributed by atoms with E-state index in [0.717, 1.165) is 12.5 Å². The third-order valence-electron chi connectivity index (χ3n) is 1.01. The second-order valence-corrected chi connectivity index (χ2v) is 1.66. The van der Waals surface area contributed by atoms with Gasteiger partial charge in [-0.3, -0.25) is 0 Å². The third-order valence-corrected chi connectivity index (χ3v) is 1.01. The number of rotatable bonds is 1. The van der Waals surface area contributed by atoms with Gasteiger partial charge in [-0.25, -0.2) is 4.98 Å². The third kappa shape index (κ3) is 1.16. The summed E-state index contributed by atoms with van der Waals surface area (Å²) >= 11 is 0. The van der Waals surface area contributed by atoms with E-state index in [1.54, 1.807) is 0 Å².